The highest BCUT2D eigenvalue weighted by Crippen LogP contribution is 2.35. The monoisotopic (exact) mass is 303 g/mol. The van der Waals surface area contributed by atoms with E-state index in [1.165, 1.54) is 0 Å². The molecule has 2 rings (SSSR count). The van der Waals surface area contributed by atoms with Crippen LogP contribution in [0, 0.1) is 11.7 Å². The smallest absolute Gasteiger partial charge is 0.307 e. The number of carboxylic acid groups (broad SMARTS) is 1. The lowest BCUT2D eigenvalue weighted by Gasteiger charge is -2.14. The zero-order valence-corrected chi connectivity index (χ0v) is 11.4. The number of phenols is 1. The molecule has 6 nitrogen and oxygen atoms in total. The van der Waals surface area contributed by atoms with E-state index in [9.17, 15) is 22.7 Å². The van der Waals surface area contributed by atoms with Gasteiger partial charge in [-0.2, -0.15) is 0 Å². The molecular formula is C12H14FNO5S. The highest BCUT2D eigenvalue weighted by atomic mass is 32.2. The van der Waals surface area contributed by atoms with E-state index < -0.39 is 38.5 Å². The van der Waals surface area contributed by atoms with Gasteiger partial charge in [0.15, 0.2) is 9.84 Å². The molecule has 0 amide bonds. The Bertz CT molecular complexity index is 658. The van der Waals surface area contributed by atoms with Crippen molar-refractivity contribution in [3.05, 3.63) is 23.5 Å². The molecule has 1 fully saturated rings. The predicted molar refractivity (Wildman–Crippen MR) is 67.7 cm³/mol. The summed E-state index contributed by atoms with van der Waals surface area (Å²) in [6, 6.07) is 1.28. The van der Waals surface area contributed by atoms with Crippen LogP contribution >= 0.6 is 0 Å². The minimum absolute atomic E-state index is 0.165. The van der Waals surface area contributed by atoms with Crippen LogP contribution in [0.1, 0.15) is 18.0 Å². The molecule has 1 heterocycles. The minimum atomic E-state index is -3.77. The maximum absolute atomic E-state index is 13.8. The second-order valence-corrected chi connectivity index (χ2v) is 6.83. The summed E-state index contributed by atoms with van der Waals surface area (Å²) in [5, 5.41) is 21.6. The molecule has 2 unspecified atom stereocenters. The van der Waals surface area contributed by atoms with Crippen molar-refractivity contribution in [2.75, 3.05) is 12.8 Å². The molecule has 3 N–H and O–H groups in total. The number of hydrogen-bond donors (Lipinski definition) is 3. The molecular weight excluding hydrogens is 289 g/mol. The van der Waals surface area contributed by atoms with E-state index in [0.717, 1.165) is 18.4 Å². The summed E-state index contributed by atoms with van der Waals surface area (Å²) in [5.41, 5.74) is 0.165. The molecule has 0 aliphatic carbocycles. The Hall–Kier alpha value is -1.67. The minimum Gasteiger partial charge on any atom is -0.508 e. The van der Waals surface area contributed by atoms with E-state index in [2.05, 4.69) is 5.32 Å². The Labute approximate surface area is 115 Å². The Morgan fingerprint density at radius 3 is 2.60 bits per heavy atom. The van der Waals surface area contributed by atoms with Crippen LogP contribution in [0.4, 0.5) is 4.39 Å². The van der Waals surface area contributed by atoms with Crippen molar-refractivity contribution in [2.45, 2.75) is 17.4 Å². The van der Waals surface area contributed by atoms with Gasteiger partial charge in [0.25, 0.3) is 0 Å². The average molecular weight is 303 g/mol. The van der Waals surface area contributed by atoms with E-state index in [1.54, 1.807) is 0 Å². The zero-order chi connectivity index (χ0) is 15.1. The van der Waals surface area contributed by atoms with Crippen LogP contribution in [-0.2, 0) is 14.6 Å². The third-order valence-electron chi connectivity index (χ3n) is 3.34. The molecule has 0 saturated carbocycles. The van der Waals surface area contributed by atoms with Gasteiger partial charge in [-0.15, -0.1) is 0 Å². The number of halogens is 1. The number of hydrogen-bond acceptors (Lipinski definition) is 5. The number of rotatable bonds is 3. The highest BCUT2D eigenvalue weighted by Gasteiger charge is 2.32. The maximum atomic E-state index is 13.8. The topological polar surface area (TPSA) is 104 Å². The zero-order valence-electron chi connectivity index (χ0n) is 10.6. The Morgan fingerprint density at radius 2 is 2.10 bits per heavy atom. The molecule has 0 spiro atoms. The fraction of sp³-hybridized carbons (Fsp3) is 0.417. The Kier molecular flexibility index (Phi) is 3.70. The third kappa shape index (κ3) is 2.75. The molecule has 1 aromatic carbocycles. The first kappa shape index (κ1) is 14.7. The van der Waals surface area contributed by atoms with Gasteiger partial charge in [0.05, 0.1) is 5.92 Å². The van der Waals surface area contributed by atoms with E-state index >= 15 is 0 Å². The second kappa shape index (κ2) is 5.02. The molecule has 1 aliphatic rings. The van der Waals surface area contributed by atoms with E-state index in [1.807, 2.05) is 0 Å². The Morgan fingerprint density at radius 1 is 1.45 bits per heavy atom. The van der Waals surface area contributed by atoms with Crippen LogP contribution in [0.25, 0.3) is 0 Å². The van der Waals surface area contributed by atoms with Crippen molar-refractivity contribution in [1.82, 2.24) is 5.32 Å². The number of aromatic hydroxyl groups is 1. The SMILES string of the molecule is CS(=O)(=O)c1cc(O)c(C2CC(C(=O)O)CN2)cc1F. The van der Waals surface area contributed by atoms with Gasteiger partial charge < -0.3 is 15.5 Å². The van der Waals surface area contributed by atoms with Gasteiger partial charge in [-0.1, -0.05) is 0 Å². The summed E-state index contributed by atoms with van der Waals surface area (Å²) in [7, 11) is -3.77. The first-order chi connectivity index (χ1) is 9.20. The summed E-state index contributed by atoms with van der Waals surface area (Å²) in [6.07, 6.45) is 1.05. The van der Waals surface area contributed by atoms with Gasteiger partial charge in [0.1, 0.15) is 16.5 Å². The molecule has 1 saturated heterocycles. The number of carboxylic acids is 1. The average Bonchev–Trinajstić information content (AvgIpc) is 2.79. The van der Waals surface area contributed by atoms with Crippen molar-refractivity contribution < 1.29 is 27.8 Å². The first-order valence-corrected chi connectivity index (χ1v) is 7.78. The van der Waals surface area contributed by atoms with E-state index in [0.29, 0.717) is 0 Å². The fourth-order valence-corrected chi connectivity index (χ4v) is 3.02. The maximum Gasteiger partial charge on any atom is 0.307 e. The van der Waals surface area contributed by atoms with Gasteiger partial charge in [-0.05, 0) is 12.5 Å². The van der Waals surface area contributed by atoms with Crippen molar-refractivity contribution in [2.24, 2.45) is 5.92 Å². The number of carbonyl (C=O) groups is 1. The fourth-order valence-electron chi connectivity index (χ4n) is 2.28. The molecule has 20 heavy (non-hydrogen) atoms. The molecule has 1 aliphatic heterocycles. The third-order valence-corrected chi connectivity index (χ3v) is 4.45. The number of nitrogens with one attached hydrogen (secondary N) is 1. The lowest BCUT2D eigenvalue weighted by atomic mass is 9.99. The van der Waals surface area contributed by atoms with Crippen LogP contribution < -0.4 is 5.32 Å². The number of benzene rings is 1. The van der Waals surface area contributed by atoms with E-state index in [4.69, 9.17) is 5.11 Å². The standard InChI is InChI=1S/C12H14FNO5S/c1-20(18,19)11-4-10(15)7(3-8(11)13)9-2-6(5-14-9)12(16)17/h3-4,6,9,14-15H,2,5H2,1H3,(H,16,17). The summed E-state index contributed by atoms with van der Waals surface area (Å²) < 4.78 is 36.5. The summed E-state index contributed by atoms with van der Waals surface area (Å²) in [4.78, 5) is 10.3. The number of aliphatic carboxylic acids is 1. The van der Waals surface area contributed by atoms with Crippen LogP contribution in [0.3, 0.4) is 0 Å². The van der Waals surface area contributed by atoms with Gasteiger partial charge >= 0.3 is 5.97 Å². The van der Waals surface area contributed by atoms with Gasteiger partial charge in [0.2, 0.25) is 0 Å². The lowest BCUT2D eigenvalue weighted by Crippen LogP contribution is -2.17. The number of phenolic OH excluding ortho intramolecular Hbond substituents is 1. The summed E-state index contributed by atoms with van der Waals surface area (Å²) in [6.45, 7) is 0.217. The van der Waals surface area contributed by atoms with Gasteiger partial charge in [0, 0.05) is 30.5 Å². The largest absolute Gasteiger partial charge is 0.508 e. The predicted octanol–water partition coefficient (Wildman–Crippen LogP) is 0.670. The summed E-state index contributed by atoms with van der Waals surface area (Å²) >= 11 is 0. The molecule has 1 aromatic rings. The second-order valence-electron chi connectivity index (χ2n) is 4.85. The van der Waals surface area contributed by atoms with Crippen LogP contribution in [0.2, 0.25) is 0 Å². The van der Waals surface area contributed by atoms with Crippen molar-refractivity contribution >= 4 is 15.8 Å². The lowest BCUT2D eigenvalue weighted by molar-refractivity contribution is -0.141. The van der Waals surface area contributed by atoms with Crippen molar-refractivity contribution in [1.29, 1.82) is 0 Å². The quantitative estimate of drug-likeness (QED) is 0.758. The van der Waals surface area contributed by atoms with Crippen LogP contribution in [-0.4, -0.2) is 37.4 Å². The van der Waals surface area contributed by atoms with E-state index in [-0.39, 0.29) is 24.3 Å². The van der Waals surface area contributed by atoms with Crippen molar-refractivity contribution in [3.63, 3.8) is 0 Å². The van der Waals surface area contributed by atoms with Crippen molar-refractivity contribution in [3.8, 4) is 5.75 Å². The Balaban J connectivity index is 2.36. The molecule has 0 bridgehead atoms. The number of sulfone groups is 1. The molecule has 2 atom stereocenters. The summed E-state index contributed by atoms with van der Waals surface area (Å²) in [5.74, 6) is -2.90. The highest BCUT2D eigenvalue weighted by molar-refractivity contribution is 7.90. The van der Waals surface area contributed by atoms with Gasteiger partial charge in [-0.3, -0.25) is 4.79 Å². The van der Waals surface area contributed by atoms with Crippen LogP contribution in [0.5, 0.6) is 5.75 Å². The molecule has 0 radical (unpaired) electrons. The molecule has 110 valence electrons. The first-order valence-electron chi connectivity index (χ1n) is 5.89. The normalized spacial score (nSPS) is 22.9. The molecule has 0 aromatic heterocycles. The molecule has 8 heteroatoms. The van der Waals surface area contributed by atoms with Crippen LogP contribution in [0.15, 0.2) is 17.0 Å². The van der Waals surface area contributed by atoms with Gasteiger partial charge in [-0.25, -0.2) is 12.8 Å².